The molecule has 0 aliphatic carbocycles. The maximum absolute atomic E-state index is 11.5. The predicted octanol–water partition coefficient (Wildman–Crippen LogP) is 6.06. The number of quaternary nitrogens is 1. The molecule has 1 N–H and O–H groups in total. The second-order valence-electron chi connectivity index (χ2n) is 8.34. The maximum atomic E-state index is 11.5. The number of alkyl halides is 6. The Morgan fingerprint density at radius 1 is 0.529 bits per heavy atom. The molecule has 0 fully saturated rings. The van der Waals surface area contributed by atoms with Gasteiger partial charge in [0.25, 0.3) is 0 Å². The van der Waals surface area contributed by atoms with Crippen molar-refractivity contribution in [2.75, 3.05) is 26.2 Å². The highest BCUT2D eigenvalue weighted by Crippen LogP contribution is 2.27. The second kappa shape index (κ2) is 16.2. The van der Waals surface area contributed by atoms with E-state index >= 15 is 0 Å². The van der Waals surface area contributed by atoms with Crippen molar-refractivity contribution in [3.05, 3.63) is 0 Å². The van der Waals surface area contributed by atoms with Gasteiger partial charge in [-0.1, -0.05) is 63.9 Å². The van der Waals surface area contributed by atoms with Crippen LogP contribution < -0.4 is 4.13 Å². The maximum Gasteiger partial charge on any atom is 0.512 e. The molecule has 0 aromatic carbocycles. The number of halogens is 6. The number of rotatable bonds is 16. The number of nitrogens with one attached hydrogen (secondary N) is 1. The van der Waals surface area contributed by atoms with Crippen LogP contribution in [0.15, 0.2) is 0 Å². The van der Waals surface area contributed by atoms with Gasteiger partial charge in [0.2, 0.25) is 0 Å². The van der Waals surface area contributed by atoms with Crippen molar-refractivity contribution in [2.24, 2.45) is 0 Å². The van der Waals surface area contributed by atoms with E-state index in [2.05, 4.69) is 27.7 Å². The van der Waals surface area contributed by atoms with E-state index in [0.29, 0.717) is 0 Å². The zero-order chi connectivity index (χ0) is 27.1. The van der Waals surface area contributed by atoms with Gasteiger partial charge in [-0.2, -0.15) is 26.3 Å². The van der Waals surface area contributed by atoms with Gasteiger partial charge in [0.15, 0.2) is 0 Å². The molecule has 6 nitrogen and oxygen atoms in total. The zero-order valence-corrected chi connectivity index (χ0v) is 22.2. The van der Waals surface area contributed by atoms with Crippen molar-refractivity contribution < 1.29 is 47.7 Å². The lowest BCUT2D eigenvalue weighted by Crippen LogP contribution is -2.50. The van der Waals surface area contributed by atoms with Crippen molar-refractivity contribution in [1.82, 2.24) is 4.13 Å². The standard InChI is InChI=1S/C18H40N.C2HF6NO4S2/c1-5-9-13-14-18-19(15-10-6-2,16-11-7-3)17-12-8-4;3-1(4,5)14(10,11)9-15(12,13)2(6,7)8/h5-18H2,1-4H3;9H/q+1;. The topological polar surface area (TPSA) is 80.3 Å². The molecule has 0 rings (SSSR count). The summed E-state index contributed by atoms with van der Waals surface area (Å²) >= 11 is 0. The third-order valence-corrected chi connectivity index (χ3v) is 8.25. The quantitative estimate of drug-likeness (QED) is 0.144. The molecule has 0 unspecified atom stereocenters. The summed E-state index contributed by atoms with van der Waals surface area (Å²) in [6.45, 7) is 15.1. The molecule has 0 aromatic heterocycles. The molecule has 14 heteroatoms. The van der Waals surface area contributed by atoms with E-state index in [4.69, 9.17) is 0 Å². The summed E-state index contributed by atoms with van der Waals surface area (Å²) in [6, 6.07) is 0. The van der Waals surface area contributed by atoms with Crippen molar-refractivity contribution in [1.29, 1.82) is 0 Å². The fraction of sp³-hybridized carbons (Fsp3) is 1.00. The second-order valence-corrected chi connectivity index (χ2v) is 11.9. The summed E-state index contributed by atoms with van der Waals surface area (Å²) in [4.78, 5) is 0. The van der Waals surface area contributed by atoms with Crippen LogP contribution in [0.1, 0.15) is 91.9 Å². The van der Waals surface area contributed by atoms with Gasteiger partial charge in [0.1, 0.15) is 0 Å². The lowest BCUT2D eigenvalue weighted by Gasteiger charge is -2.39. The minimum atomic E-state index is -6.60. The minimum Gasteiger partial charge on any atom is -0.324 e. The van der Waals surface area contributed by atoms with Crippen LogP contribution in [0.2, 0.25) is 0 Å². The molecular weight excluding hydrogens is 510 g/mol. The van der Waals surface area contributed by atoms with E-state index in [1.807, 2.05) is 0 Å². The number of hydrogen-bond donors (Lipinski definition) is 1. The van der Waals surface area contributed by atoms with Crippen molar-refractivity contribution in [3.8, 4) is 0 Å². The van der Waals surface area contributed by atoms with Gasteiger partial charge in [-0.3, -0.25) is 0 Å². The summed E-state index contributed by atoms with van der Waals surface area (Å²) in [7, 11) is -13.2. The Bertz CT molecular complexity index is 675. The number of sulfonamides is 2. The van der Waals surface area contributed by atoms with E-state index in [9.17, 15) is 43.2 Å². The first kappa shape index (κ1) is 35.6. The molecule has 0 heterocycles. The average molecular weight is 552 g/mol. The van der Waals surface area contributed by atoms with Crippen molar-refractivity contribution in [3.63, 3.8) is 0 Å². The Labute approximate surface area is 201 Å². The summed E-state index contributed by atoms with van der Waals surface area (Å²) in [5.41, 5.74) is -12.3. The molecule has 0 atom stereocenters. The van der Waals surface area contributed by atoms with Gasteiger partial charge >= 0.3 is 31.1 Å². The van der Waals surface area contributed by atoms with Crippen LogP contribution in [0.3, 0.4) is 0 Å². The van der Waals surface area contributed by atoms with Crippen LogP contribution in [0.25, 0.3) is 0 Å². The molecule has 0 radical (unpaired) electrons. The number of hydrogen-bond acceptors (Lipinski definition) is 4. The Hall–Kier alpha value is -0.600. The Kier molecular flexibility index (Phi) is 16.9. The van der Waals surface area contributed by atoms with Gasteiger partial charge in [0, 0.05) is 0 Å². The molecule has 208 valence electrons. The van der Waals surface area contributed by atoms with Crippen LogP contribution in [0.5, 0.6) is 0 Å². The Morgan fingerprint density at radius 2 is 0.824 bits per heavy atom. The molecule has 0 amide bonds. The van der Waals surface area contributed by atoms with Crippen LogP contribution in [-0.2, 0) is 20.0 Å². The SMILES string of the molecule is CCCCCC[N+](CCCC)(CCCC)CCCC.O=S(=O)(NS(=O)(=O)C(F)(F)F)C(F)(F)F. The molecule has 0 aromatic rings. The summed E-state index contributed by atoms with van der Waals surface area (Å²) in [5, 5.41) is 0. The predicted molar refractivity (Wildman–Crippen MR) is 122 cm³/mol. The first-order valence-electron chi connectivity index (χ1n) is 11.7. The van der Waals surface area contributed by atoms with Crippen LogP contribution in [0.4, 0.5) is 26.3 Å². The van der Waals surface area contributed by atoms with Gasteiger partial charge in [-0.05, 0) is 32.1 Å². The molecule has 0 saturated heterocycles. The van der Waals surface area contributed by atoms with Crippen LogP contribution in [0, 0.1) is 0 Å². The third-order valence-electron chi connectivity index (χ3n) is 5.27. The molecule has 0 saturated carbocycles. The molecule has 34 heavy (non-hydrogen) atoms. The third kappa shape index (κ3) is 14.1. The first-order chi connectivity index (χ1) is 15.4. The highest BCUT2D eigenvalue weighted by molar-refractivity contribution is 8.05. The largest absolute Gasteiger partial charge is 0.512 e. The monoisotopic (exact) mass is 551 g/mol. The highest BCUT2D eigenvalue weighted by atomic mass is 32.3. The smallest absolute Gasteiger partial charge is 0.324 e. The van der Waals surface area contributed by atoms with Crippen molar-refractivity contribution >= 4 is 20.0 Å². The zero-order valence-electron chi connectivity index (χ0n) is 20.6. The van der Waals surface area contributed by atoms with Gasteiger partial charge in [-0.15, -0.1) is 0 Å². The summed E-state index contributed by atoms with van der Waals surface area (Å²) < 4.78 is 110. The fourth-order valence-corrected chi connectivity index (χ4v) is 5.18. The Balaban J connectivity index is 0. The van der Waals surface area contributed by atoms with Crippen LogP contribution in [-0.4, -0.2) is 58.5 Å². The van der Waals surface area contributed by atoms with E-state index in [1.54, 1.807) is 0 Å². The molecule has 0 aliphatic rings. The van der Waals surface area contributed by atoms with E-state index in [-0.39, 0.29) is 0 Å². The average Bonchev–Trinajstić information content (AvgIpc) is 2.70. The summed E-state index contributed by atoms with van der Waals surface area (Å²) in [5.74, 6) is 0. The fourth-order valence-electron chi connectivity index (χ4n) is 3.26. The summed E-state index contributed by atoms with van der Waals surface area (Å²) in [6.07, 6.45) is 14.0. The number of nitrogens with zero attached hydrogens (tertiary/aromatic N) is 1. The van der Waals surface area contributed by atoms with Gasteiger partial charge in [-0.25, -0.2) is 16.8 Å². The lowest BCUT2D eigenvalue weighted by molar-refractivity contribution is -0.929. The van der Waals surface area contributed by atoms with Gasteiger partial charge in [0.05, 0.1) is 26.2 Å². The molecule has 0 spiro atoms. The van der Waals surface area contributed by atoms with E-state index < -0.39 is 35.2 Å². The van der Waals surface area contributed by atoms with E-state index in [0.717, 1.165) is 0 Å². The van der Waals surface area contributed by atoms with Crippen molar-refractivity contribution in [2.45, 2.75) is 103 Å². The van der Waals surface area contributed by atoms with Gasteiger partial charge < -0.3 is 4.48 Å². The first-order valence-corrected chi connectivity index (χ1v) is 14.7. The molecule has 0 bridgehead atoms. The lowest BCUT2D eigenvalue weighted by atomic mass is 10.1. The molecule has 0 aliphatic heterocycles. The highest BCUT2D eigenvalue weighted by Gasteiger charge is 2.55. The van der Waals surface area contributed by atoms with Crippen LogP contribution >= 0.6 is 0 Å². The van der Waals surface area contributed by atoms with E-state index in [1.165, 1.54) is 94.9 Å². The molecular formula is C20H41F6N2O4S2+. The minimum absolute atomic E-state index is 0.493. The normalized spacial score (nSPS) is 13.5. The Morgan fingerprint density at radius 3 is 1.09 bits per heavy atom. The number of unbranched alkanes of at least 4 members (excludes halogenated alkanes) is 6.